The summed E-state index contributed by atoms with van der Waals surface area (Å²) < 4.78 is 5.08. The minimum absolute atomic E-state index is 0.0606. The van der Waals surface area contributed by atoms with E-state index in [9.17, 15) is 9.59 Å². The van der Waals surface area contributed by atoms with E-state index in [0.717, 1.165) is 36.6 Å². The third-order valence-corrected chi connectivity index (χ3v) is 6.15. The lowest BCUT2D eigenvalue weighted by Gasteiger charge is -2.29. The van der Waals surface area contributed by atoms with Crippen molar-refractivity contribution >= 4 is 18.0 Å². The standard InChI is InChI=1S/C27H32N2O3/c1-2-32-27(31)20-29(18-21-7-4-3-5-8-21)26(30)14-13-23-9-6-10-24-19-28(16-15-25(23)24)17-22-11-12-22/h3-10,13-14,22H,2,11-12,15-20H2,1H3. The van der Waals surface area contributed by atoms with Crippen LogP contribution in [0, 0.1) is 5.92 Å². The Morgan fingerprint density at radius 1 is 1.12 bits per heavy atom. The molecule has 0 bridgehead atoms. The van der Waals surface area contributed by atoms with E-state index in [-0.39, 0.29) is 12.5 Å². The molecule has 32 heavy (non-hydrogen) atoms. The summed E-state index contributed by atoms with van der Waals surface area (Å²) in [6.45, 7) is 5.65. The van der Waals surface area contributed by atoms with Crippen molar-refractivity contribution in [3.05, 3.63) is 76.9 Å². The van der Waals surface area contributed by atoms with Gasteiger partial charge in [0.15, 0.2) is 0 Å². The molecule has 2 aromatic carbocycles. The number of hydrogen-bond acceptors (Lipinski definition) is 4. The summed E-state index contributed by atoms with van der Waals surface area (Å²) in [7, 11) is 0. The Hall–Kier alpha value is -2.92. The molecule has 1 heterocycles. The highest BCUT2D eigenvalue weighted by Gasteiger charge is 2.26. The third kappa shape index (κ3) is 6.07. The van der Waals surface area contributed by atoms with Crippen molar-refractivity contribution in [2.24, 2.45) is 5.92 Å². The van der Waals surface area contributed by atoms with Crippen LogP contribution in [0.3, 0.4) is 0 Å². The van der Waals surface area contributed by atoms with Crippen LogP contribution in [0.4, 0.5) is 0 Å². The molecule has 168 valence electrons. The summed E-state index contributed by atoms with van der Waals surface area (Å²) >= 11 is 0. The predicted molar refractivity (Wildman–Crippen MR) is 126 cm³/mol. The minimum Gasteiger partial charge on any atom is -0.465 e. The van der Waals surface area contributed by atoms with Crippen molar-refractivity contribution in [2.75, 3.05) is 26.2 Å². The number of ether oxygens (including phenoxy) is 1. The molecule has 2 aliphatic rings. The first-order valence-electron chi connectivity index (χ1n) is 11.6. The van der Waals surface area contributed by atoms with Gasteiger partial charge >= 0.3 is 5.97 Å². The van der Waals surface area contributed by atoms with E-state index in [1.54, 1.807) is 13.0 Å². The lowest BCUT2D eigenvalue weighted by atomic mass is 9.94. The van der Waals surface area contributed by atoms with Crippen molar-refractivity contribution in [1.29, 1.82) is 0 Å². The van der Waals surface area contributed by atoms with Crippen LogP contribution in [0.5, 0.6) is 0 Å². The van der Waals surface area contributed by atoms with Gasteiger partial charge in [-0.1, -0.05) is 48.5 Å². The molecule has 0 spiro atoms. The second-order valence-corrected chi connectivity index (χ2v) is 8.73. The average Bonchev–Trinajstić information content (AvgIpc) is 3.61. The number of carbonyl (C=O) groups is 2. The average molecular weight is 433 g/mol. The molecule has 0 radical (unpaired) electrons. The molecule has 4 rings (SSSR count). The number of esters is 1. The highest BCUT2D eigenvalue weighted by molar-refractivity contribution is 5.94. The van der Waals surface area contributed by atoms with E-state index >= 15 is 0 Å². The van der Waals surface area contributed by atoms with Crippen LogP contribution >= 0.6 is 0 Å². The number of amides is 1. The van der Waals surface area contributed by atoms with Gasteiger partial charge in [0.05, 0.1) is 6.61 Å². The van der Waals surface area contributed by atoms with E-state index in [4.69, 9.17) is 4.74 Å². The molecule has 1 fully saturated rings. The fourth-order valence-corrected chi connectivity index (χ4v) is 4.32. The lowest BCUT2D eigenvalue weighted by Crippen LogP contribution is -2.35. The van der Waals surface area contributed by atoms with Gasteiger partial charge in [-0.15, -0.1) is 0 Å². The SMILES string of the molecule is CCOC(=O)CN(Cc1ccccc1)C(=O)C=Cc1cccc2c1CCN(CC1CC1)C2. The van der Waals surface area contributed by atoms with E-state index in [1.165, 1.54) is 35.4 Å². The Morgan fingerprint density at radius 3 is 2.69 bits per heavy atom. The number of hydrogen-bond donors (Lipinski definition) is 0. The van der Waals surface area contributed by atoms with Gasteiger partial charge in [-0.05, 0) is 60.4 Å². The van der Waals surface area contributed by atoms with Crippen LogP contribution in [-0.4, -0.2) is 47.9 Å². The van der Waals surface area contributed by atoms with Crippen LogP contribution in [-0.2, 0) is 33.8 Å². The van der Waals surface area contributed by atoms with E-state index in [1.807, 2.05) is 36.4 Å². The molecule has 5 nitrogen and oxygen atoms in total. The van der Waals surface area contributed by atoms with Crippen molar-refractivity contribution in [3.8, 4) is 0 Å². The van der Waals surface area contributed by atoms with Gasteiger partial charge < -0.3 is 9.64 Å². The number of rotatable bonds is 9. The van der Waals surface area contributed by atoms with Crippen LogP contribution in [0.25, 0.3) is 6.08 Å². The summed E-state index contributed by atoms with van der Waals surface area (Å²) in [5, 5.41) is 0. The Balaban J connectivity index is 1.46. The molecule has 0 saturated heterocycles. The van der Waals surface area contributed by atoms with Crippen molar-refractivity contribution < 1.29 is 14.3 Å². The fraction of sp³-hybridized carbons (Fsp3) is 0.407. The molecule has 0 unspecified atom stereocenters. The van der Waals surface area contributed by atoms with E-state index < -0.39 is 5.97 Å². The van der Waals surface area contributed by atoms with Crippen LogP contribution in [0.15, 0.2) is 54.6 Å². The van der Waals surface area contributed by atoms with Gasteiger partial charge in [-0.2, -0.15) is 0 Å². The highest BCUT2D eigenvalue weighted by Crippen LogP contribution is 2.32. The maximum absolute atomic E-state index is 13.0. The predicted octanol–water partition coefficient (Wildman–Crippen LogP) is 4.06. The number of carbonyl (C=O) groups excluding carboxylic acids is 2. The Bertz CT molecular complexity index is 966. The molecule has 0 aromatic heterocycles. The second-order valence-electron chi connectivity index (χ2n) is 8.73. The fourth-order valence-electron chi connectivity index (χ4n) is 4.32. The zero-order valence-corrected chi connectivity index (χ0v) is 18.8. The van der Waals surface area contributed by atoms with Crippen molar-refractivity contribution in [1.82, 2.24) is 9.80 Å². The largest absolute Gasteiger partial charge is 0.465 e. The minimum atomic E-state index is -0.391. The smallest absolute Gasteiger partial charge is 0.325 e. The maximum atomic E-state index is 13.0. The Labute approximate surface area is 190 Å². The third-order valence-electron chi connectivity index (χ3n) is 6.15. The first kappa shape index (κ1) is 22.3. The molecule has 0 atom stereocenters. The summed E-state index contributed by atoms with van der Waals surface area (Å²) in [5.41, 5.74) is 4.77. The molecule has 1 aliphatic heterocycles. The van der Waals surface area contributed by atoms with Crippen LogP contribution < -0.4 is 0 Å². The summed E-state index contributed by atoms with van der Waals surface area (Å²) in [4.78, 5) is 29.2. The first-order chi connectivity index (χ1) is 15.6. The van der Waals surface area contributed by atoms with Crippen LogP contribution in [0.1, 0.15) is 42.0 Å². The van der Waals surface area contributed by atoms with E-state index in [2.05, 4.69) is 23.1 Å². The summed E-state index contributed by atoms with van der Waals surface area (Å²) in [6.07, 6.45) is 7.25. The Kier molecular flexibility index (Phi) is 7.38. The molecule has 2 aromatic rings. The molecular formula is C27H32N2O3. The number of benzene rings is 2. The zero-order chi connectivity index (χ0) is 22.3. The summed E-state index contributed by atoms with van der Waals surface area (Å²) in [5.74, 6) is 0.316. The highest BCUT2D eigenvalue weighted by atomic mass is 16.5. The first-order valence-corrected chi connectivity index (χ1v) is 11.6. The van der Waals surface area contributed by atoms with Gasteiger partial charge in [0.2, 0.25) is 5.91 Å². The monoisotopic (exact) mass is 432 g/mol. The molecule has 5 heteroatoms. The molecular weight excluding hydrogens is 400 g/mol. The van der Waals surface area contributed by atoms with Crippen molar-refractivity contribution in [3.63, 3.8) is 0 Å². The number of fused-ring (bicyclic) bond motifs is 1. The lowest BCUT2D eigenvalue weighted by molar-refractivity contribution is -0.148. The quantitative estimate of drug-likeness (QED) is 0.443. The normalized spacial score (nSPS) is 16.0. The van der Waals surface area contributed by atoms with E-state index in [0.29, 0.717) is 13.2 Å². The van der Waals surface area contributed by atoms with Crippen molar-refractivity contribution in [2.45, 2.75) is 39.3 Å². The van der Waals surface area contributed by atoms with Gasteiger partial charge in [0.1, 0.15) is 6.54 Å². The van der Waals surface area contributed by atoms with Gasteiger partial charge in [0.25, 0.3) is 0 Å². The van der Waals surface area contributed by atoms with Gasteiger partial charge in [-0.3, -0.25) is 14.5 Å². The second kappa shape index (κ2) is 10.6. The molecule has 1 amide bonds. The zero-order valence-electron chi connectivity index (χ0n) is 18.8. The summed E-state index contributed by atoms with van der Waals surface area (Å²) in [6, 6.07) is 16.1. The van der Waals surface area contributed by atoms with Gasteiger partial charge in [0, 0.05) is 32.3 Å². The molecule has 1 saturated carbocycles. The maximum Gasteiger partial charge on any atom is 0.325 e. The molecule has 0 N–H and O–H groups in total. The van der Waals surface area contributed by atoms with Gasteiger partial charge in [-0.25, -0.2) is 0 Å². The number of nitrogens with zero attached hydrogens (tertiary/aromatic N) is 2. The molecule has 1 aliphatic carbocycles. The Morgan fingerprint density at radius 2 is 1.94 bits per heavy atom. The van der Waals surface area contributed by atoms with Crippen LogP contribution in [0.2, 0.25) is 0 Å². The topological polar surface area (TPSA) is 49.9 Å².